The molecule has 8 nitrogen and oxygen atoms in total. The summed E-state index contributed by atoms with van der Waals surface area (Å²) in [7, 11) is 4.56. The van der Waals surface area contributed by atoms with Crippen molar-refractivity contribution in [3.05, 3.63) is 59.7 Å². The fourth-order valence-electron chi connectivity index (χ4n) is 2.48. The molecule has 0 spiro atoms. The minimum absolute atomic E-state index is 0.0681. The summed E-state index contributed by atoms with van der Waals surface area (Å²) in [5.41, 5.74) is 1.38. The van der Waals surface area contributed by atoms with Gasteiger partial charge in [-0.3, -0.25) is 9.59 Å². The molecular weight excluding hydrogens is 426 g/mol. The molecule has 32 heavy (non-hydrogen) atoms. The lowest BCUT2D eigenvalue weighted by Crippen LogP contribution is -2.22. The number of nitrogens with zero attached hydrogens (tertiary/aromatic N) is 1. The van der Waals surface area contributed by atoms with Crippen LogP contribution in [0.15, 0.2) is 48.5 Å². The van der Waals surface area contributed by atoms with Gasteiger partial charge in [0.25, 0.3) is 11.8 Å². The predicted molar refractivity (Wildman–Crippen MR) is 113 cm³/mol. The smallest absolute Gasteiger partial charge is 0.387 e. The van der Waals surface area contributed by atoms with Crippen molar-refractivity contribution < 1.29 is 37.4 Å². The monoisotopic (exact) mass is 448 g/mol. The van der Waals surface area contributed by atoms with Crippen LogP contribution in [0, 0.1) is 0 Å². The van der Waals surface area contributed by atoms with Crippen molar-refractivity contribution in [2.45, 2.75) is 6.61 Å². The molecule has 0 fully saturated rings. The van der Waals surface area contributed by atoms with Crippen molar-refractivity contribution in [1.29, 1.82) is 0 Å². The molecule has 0 unspecified atom stereocenters. The Labute approximate surface area is 183 Å². The lowest BCUT2D eigenvalue weighted by molar-refractivity contribution is -0.142. The summed E-state index contributed by atoms with van der Waals surface area (Å²) in [6.07, 6.45) is 2.45. The zero-order chi connectivity index (χ0) is 23.7. The van der Waals surface area contributed by atoms with E-state index in [1.807, 2.05) is 0 Å². The van der Waals surface area contributed by atoms with Gasteiger partial charge in [-0.25, -0.2) is 4.79 Å². The maximum Gasteiger partial charge on any atom is 0.387 e. The number of methoxy groups -OCH3 is 1. The van der Waals surface area contributed by atoms with E-state index in [4.69, 9.17) is 9.47 Å². The van der Waals surface area contributed by atoms with Crippen molar-refractivity contribution in [2.24, 2.45) is 0 Å². The van der Waals surface area contributed by atoms with Crippen LogP contribution in [0.25, 0.3) is 6.08 Å². The molecule has 0 saturated carbocycles. The lowest BCUT2D eigenvalue weighted by atomic mass is 10.2. The van der Waals surface area contributed by atoms with Crippen molar-refractivity contribution in [2.75, 3.05) is 33.1 Å². The molecule has 0 aromatic heterocycles. The predicted octanol–water partition coefficient (Wildman–Crippen LogP) is 3.19. The Bertz CT molecular complexity index is 990. The third-order valence-electron chi connectivity index (χ3n) is 3.98. The Morgan fingerprint density at radius 1 is 1.06 bits per heavy atom. The minimum Gasteiger partial charge on any atom is -0.493 e. The van der Waals surface area contributed by atoms with E-state index in [1.165, 1.54) is 36.3 Å². The third kappa shape index (κ3) is 7.38. The molecule has 0 atom stereocenters. The molecular formula is C22H22F2N2O6. The molecule has 0 saturated heterocycles. The van der Waals surface area contributed by atoms with Crippen molar-refractivity contribution in [1.82, 2.24) is 4.90 Å². The number of ether oxygens (including phenoxy) is 3. The topological polar surface area (TPSA) is 94.2 Å². The Hall–Kier alpha value is -3.95. The number of carbonyl (C=O) groups excluding carboxylic acids is 3. The average molecular weight is 448 g/mol. The van der Waals surface area contributed by atoms with Crippen molar-refractivity contribution in [3.63, 3.8) is 0 Å². The molecule has 0 aliphatic carbocycles. The van der Waals surface area contributed by atoms with Crippen molar-refractivity contribution in [3.8, 4) is 11.5 Å². The first-order valence-corrected chi connectivity index (χ1v) is 9.29. The molecule has 0 aliphatic rings. The number of alkyl halides is 2. The second kappa shape index (κ2) is 11.4. The Morgan fingerprint density at radius 3 is 2.34 bits per heavy atom. The highest BCUT2D eigenvalue weighted by Crippen LogP contribution is 2.29. The summed E-state index contributed by atoms with van der Waals surface area (Å²) in [5, 5.41) is 2.55. The number of nitrogens with one attached hydrogen (secondary N) is 1. The van der Waals surface area contributed by atoms with E-state index < -0.39 is 25.1 Å². The van der Waals surface area contributed by atoms with Gasteiger partial charge in [0.1, 0.15) is 0 Å². The summed E-state index contributed by atoms with van der Waals surface area (Å²) >= 11 is 0. The van der Waals surface area contributed by atoms with Gasteiger partial charge in [0.15, 0.2) is 18.1 Å². The third-order valence-corrected chi connectivity index (χ3v) is 3.98. The van der Waals surface area contributed by atoms with Crippen LogP contribution in [0.1, 0.15) is 15.9 Å². The SMILES string of the molecule is COc1cc(/C=C/C(=O)OCC(=O)Nc2ccc(C(=O)N(C)C)cc2)ccc1OC(F)F. The summed E-state index contributed by atoms with van der Waals surface area (Å²) in [6, 6.07) is 10.4. The number of amides is 2. The maximum absolute atomic E-state index is 12.4. The molecule has 2 aromatic carbocycles. The summed E-state index contributed by atoms with van der Waals surface area (Å²) in [5.74, 6) is -1.58. The number of rotatable bonds is 9. The molecule has 0 heterocycles. The van der Waals surface area contributed by atoms with Gasteiger partial charge in [-0.2, -0.15) is 8.78 Å². The fraction of sp³-hybridized carbons (Fsp3) is 0.227. The van der Waals surface area contributed by atoms with Gasteiger partial charge in [0, 0.05) is 31.4 Å². The van der Waals surface area contributed by atoms with Crippen LogP contribution < -0.4 is 14.8 Å². The normalized spacial score (nSPS) is 10.7. The number of benzene rings is 2. The summed E-state index contributed by atoms with van der Waals surface area (Å²) in [6.45, 7) is -3.52. The summed E-state index contributed by atoms with van der Waals surface area (Å²) in [4.78, 5) is 37.1. The van der Waals surface area contributed by atoms with Gasteiger partial charge in [0.2, 0.25) is 0 Å². The molecule has 2 aromatic rings. The first-order valence-electron chi connectivity index (χ1n) is 9.29. The van der Waals surface area contributed by atoms with E-state index in [-0.39, 0.29) is 17.4 Å². The highest BCUT2D eigenvalue weighted by molar-refractivity contribution is 5.96. The number of esters is 1. The first kappa shape index (κ1) is 24.3. The van der Waals surface area contributed by atoms with Crippen LogP contribution in [0.2, 0.25) is 0 Å². The van der Waals surface area contributed by atoms with E-state index in [2.05, 4.69) is 10.1 Å². The van der Waals surface area contributed by atoms with Gasteiger partial charge < -0.3 is 24.4 Å². The molecule has 0 aliphatic heterocycles. The number of carbonyl (C=O) groups is 3. The quantitative estimate of drug-likeness (QED) is 0.468. The van der Waals surface area contributed by atoms with E-state index >= 15 is 0 Å². The number of hydrogen-bond donors (Lipinski definition) is 1. The van der Waals surface area contributed by atoms with Crippen LogP contribution in [-0.2, 0) is 14.3 Å². The van der Waals surface area contributed by atoms with Crippen LogP contribution >= 0.6 is 0 Å². The number of halogens is 2. The highest BCUT2D eigenvalue weighted by Gasteiger charge is 2.11. The van der Waals surface area contributed by atoms with Crippen LogP contribution in [-0.4, -0.2) is 57.1 Å². The van der Waals surface area contributed by atoms with Gasteiger partial charge >= 0.3 is 12.6 Å². The molecule has 0 bridgehead atoms. The Balaban J connectivity index is 1.86. The van der Waals surface area contributed by atoms with E-state index in [0.29, 0.717) is 16.8 Å². The largest absolute Gasteiger partial charge is 0.493 e. The van der Waals surface area contributed by atoms with Crippen molar-refractivity contribution >= 4 is 29.5 Å². The van der Waals surface area contributed by atoms with Crippen LogP contribution in [0.5, 0.6) is 11.5 Å². The minimum atomic E-state index is -3.00. The zero-order valence-electron chi connectivity index (χ0n) is 17.6. The first-order chi connectivity index (χ1) is 15.2. The standard InChI is InChI=1S/C22H22F2N2O6/c1-26(2)21(29)15-6-8-16(9-7-15)25-19(27)13-31-20(28)11-5-14-4-10-17(32-22(23)24)18(12-14)30-3/h4-12,22H,13H2,1-3H3,(H,25,27)/b11-5+. The van der Waals surface area contributed by atoms with E-state index in [9.17, 15) is 23.2 Å². The molecule has 1 N–H and O–H groups in total. The lowest BCUT2D eigenvalue weighted by Gasteiger charge is -2.11. The van der Waals surface area contributed by atoms with Gasteiger partial charge in [-0.05, 0) is 48.0 Å². The number of anilines is 1. The molecule has 2 rings (SSSR count). The molecule has 170 valence electrons. The van der Waals surface area contributed by atoms with Gasteiger partial charge in [-0.1, -0.05) is 6.07 Å². The van der Waals surface area contributed by atoms with E-state index in [1.54, 1.807) is 38.4 Å². The van der Waals surface area contributed by atoms with Crippen LogP contribution in [0.4, 0.5) is 14.5 Å². The second-order valence-electron chi connectivity index (χ2n) is 6.55. The molecule has 2 amide bonds. The van der Waals surface area contributed by atoms with Crippen LogP contribution in [0.3, 0.4) is 0 Å². The molecule has 0 radical (unpaired) electrons. The zero-order valence-corrected chi connectivity index (χ0v) is 17.6. The fourth-order valence-corrected chi connectivity index (χ4v) is 2.48. The Kier molecular flexibility index (Phi) is 8.70. The second-order valence-corrected chi connectivity index (χ2v) is 6.55. The van der Waals surface area contributed by atoms with E-state index in [0.717, 1.165) is 6.08 Å². The number of hydrogen-bond acceptors (Lipinski definition) is 6. The highest BCUT2D eigenvalue weighted by atomic mass is 19.3. The van der Waals surface area contributed by atoms with Gasteiger partial charge in [-0.15, -0.1) is 0 Å². The summed E-state index contributed by atoms with van der Waals surface area (Å²) < 4.78 is 38.9. The van der Waals surface area contributed by atoms with Gasteiger partial charge in [0.05, 0.1) is 7.11 Å². The maximum atomic E-state index is 12.4. The molecule has 10 heteroatoms. The Morgan fingerprint density at radius 2 is 1.75 bits per heavy atom. The average Bonchev–Trinajstić information content (AvgIpc) is 2.76.